The molecule has 0 aliphatic rings. The molecule has 4 nitrogen and oxygen atoms in total. The van der Waals surface area contributed by atoms with Gasteiger partial charge in [0.25, 0.3) is 0 Å². The van der Waals surface area contributed by atoms with Gasteiger partial charge in [-0.05, 0) is 40.2 Å². The highest BCUT2D eigenvalue weighted by atomic mass is 79.9. The van der Waals surface area contributed by atoms with Gasteiger partial charge in [0.1, 0.15) is 17.4 Å². The molecule has 1 aromatic carbocycles. The van der Waals surface area contributed by atoms with Crippen molar-refractivity contribution in [2.75, 3.05) is 18.2 Å². The number of anilines is 3. The van der Waals surface area contributed by atoms with Gasteiger partial charge in [0.15, 0.2) is 0 Å². The van der Waals surface area contributed by atoms with E-state index in [1.54, 1.807) is 13.2 Å². The monoisotopic (exact) mass is 293 g/mol. The Labute approximate surface area is 108 Å². The molecule has 17 heavy (non-hydrogen) atoms. The van der Waals surface area contributed by atoms with Crippen molar-refractivity contribution in [3.05, 3.63) is 40.9 Å². The number of nitrogens with two attached hydrogens (primary N) is 1. The van der Waals surface area contributed by atoms with Crippen LogP contribution in [0.5, 0.6) is 5.75 Å². The van der Waals surface area contributed by atoms with Crippen LogP contribution in [0.25, 0.3) is 0 Å². The first-order valence-electron chi connectivity index (χ1n) is 5.02. The van der Waals surface area contributed by atoms with E-state index in [0.29, 0.717) is 11.6 Å². The topological polar surface area (TPSA) is 60.2 Å². The first-order valence-corrected chi connectivity index (χ1v) is 5.81. The molecule has 0 atom stereocenters. The second-order valence-corrected chi connectivity index (χ2v) is 4.28. The van der Waals surface area contributed by atoms with Crippen molar-refractivity contribution in [3.8, 4) is 5.75 Å². The fraction of sp³-hybridized carbons (Fsp3) is 0.0833. The molecule has 0 bridgehead atoms. The zero-order chi connectivity index (χ0) is 12.3. The number of nitrogens with one attached hydrogen (secondary N) is 1. The molecule has 2 aromatic rings. The molecule has 0 unspecified atom stereocenters. The van der Waals surface area contributed by atoms with Crippen LogP contribution in [0, 0.1) is 0 Å². The number of hydrogen-bond donors (Lipinski definition) is 2. The van der Waals surface area contributed by atoms with Gasteiger partial charge in [0.05, 0.1) is 11.6 Å². The van der Waals surface area contributed by atoms with Crippen LogP contribution >= 0.6 is 15.9 Å². The van der Waals surface area contributed by atoms with Gasteiger partial charge in [-0.2, -0.15) is 0 Å². The molecule has 3 N–H and O–H groups in total. The summed E-state index contributed by atoms with van der Waals surface area (Å²) >= 11 is 3.40. The molecular formula is C12H12BrN3O. The quantitative estimate of drug-likeness (QED) is 0.912. The Balaban J connectivity index is 2.24. The maximum absolute atomic E-state index is 5.61. The van der Waals surface area contributed by atoms with Crippen LogP contribution in [0.1, 0.15) is 0 Å². The Morgan fingerprint density at radius 3 is 2.82 bits per heavy atom. The highest BCUT2D eigenvalue weighted by Gasteiger charge is 2.02. The highest BCUT2D eigenvalue weighted by molar-refractivity contribution is 9.10. The predicted molar refractivity (Wildman–Crippen MR) is 72.6 cm³/mol. The maximum Gasteiger partial charge on any atom is 0.135 e. The molecule has 2 rings (SSSR count). The second kappa shape index (κ2) is 5.05. The Kier molecular flexibility index (Phi) is 3.49. The number of pyridine rings is 1. The molecule has 0 saturated heterocycles. The first-order chi connectivity index (χ1) is 8.19. The van der Waals surface area contributed by atoms with Crippen LogP contribution in [0.4, 0.5) is 17.3 Å². The minimum absolute atomic E-state index is 0.485. The number of ether oxygens (including phenoxy) is 1. The van der Waals surface area contributed by atoms with Gasteiger partial charge >= 0.3 is 0 Å². The molecule has 0 fully saturated rings. The summed E-state index contributed by atoms with van der Waals surface area (Å²) in [7, 11) is 1.63. The Morgan fingerprint density at radius 2 is 2.12 bits per heavy atom. The van der Waals surface area contributed by atoms with Crippen LogP contribution < -0.4 is 15.8 Å². The summed E-state index contributed by atoms with van der Waals surface area (Å²) in [6.07, 6.45) is 0. The summed E-state index contributed by atoms with van der Waals surface area (Å²) in [5.41, 5.74) is 6.50. The van der Waals surface area contributed by atoms with Crippen molar-refractivity contribution >= 4 is 33.3 Å². The summed E-state index contributed by atoms with van der Waals surface area (Å²) in [5, 5.41) is 3.15. The van der Waals surface area contributed by atoms with Crippen LogP contribution in [0.3, 0.4) is 0 Å². The molecule has 0 aliphatic heterocycles. The first kappa shape index (κ1) is 11.7. The predicted octanol–water partition coefficient (Wildman–Crippen LogP) is 3.18. The number of aromatic nitrogens is 1. The van der Waals surface area contributed by atoms with E-state index in [9.17, 15) is 0 Å². The molecular weight excluding hydrogens is 282 g/mol. The molecule has 0 radical (unpaired) electrons. The van der Waals surface area contributed by atoms with Crippen LogP contribution in [0.15, 0.2) is 40.9 Å². The Hall–Kier alpha value is -1.75. The number of rotatable bonds is 3. The largest absolute Gasteiger partial charge is 0.495 e. The normalized spacial score (nSPS) is 10.0. The van der Waals surface area contributed by atoms with Gasteiger partial charge in [-0.3, -0.25) is 0 Å². The van der Waals surface area contributed by atoms with E-state index in [4.69, 9.17) is 10.5 Å². The molecule has 0 saturated carbocycles. The molecule has 1 heterocycles. The fourth-order valence-corrected chi connectivity index (χ4v) is 1.82. The SMILES string of the molecule is COc1cc(Nc2cccc(N)n2)ccc1Br. The molecule has 0 aliphatic carbocycles. The van der Waals surface area contributed by atoms with Gasteiger partial charge in [0, 0.05) is 11.8 Å². The number of methoxy groups -OCH3 is 1. The maximum atomic E-state index is 5.61. The van der Waals surface area contributed by atoms with Crippen molar-refractivity contribution in [2.45, 2.75) is 0 Å². The molecule has 5 heteroatoms. The van der Waals surface area contributed by atoms with E-state index in [-0.39, 0.29) is 0 Å². The van der Waals surface area contributed by atoms with Gasteiger partial charge in [-0.25, -0.2) is 4.98 Å². The van der Waals surface area contributed by atoms with Crippen molar-refractivity contribution < 1.29 is 4.74 Å². The lowest BCUT2D eigenvalue weighted by atomic mass is 10.3. The van der Waals surface area contributed by atoms with Crippen molar-refractivity contribution in [1.29, 1.82) is 0 Å². The van der Waals surface area contributed by atoms with Crippen LogP contribution in [0.2, 0.25) is 0 Å². The van der Waals surface area contributed by atoms with E-state index >= 15 is 0 Å². The molecule has 0 spiro atoms. The summed E-state index contributed by atoms with van der Waals surface area (Å²) in [4.78, 5) is 4.16. The third kappa shape index (κ3) is 2.88. The van der Waals surface area contributed by atoms with Gasteiger partial charge in [0.2, 0.25) is 0 Å². The van der Waals surface area contributed by atoms with E-state index in [0.717, 1.165) is 15.9 Å². The summed E-state index contributed by atoms with van der Waals surface area (Å²) in [6, 6.07) is 11.2. The van der Waals surface area contributed by atoms with Gasteiger partial charge in [-0.1, -0.05) is 6.07 Å². The summed E-state index contributed by atoms with van der Waals surface area (Å²) < 4.78 is 6.12. The number of nitrogens with zero attached hydrogens (tertiary/aromatic N) is 1. The lowest BCUT2D eigenvalue weighted by molar-refractivity contribution is 0.412. The third-order valence-corrected chi connectivity index (χ3v) is 2.85. The lowest BCUT2D eigenvalue weighted by Crippen LogP contribution is -1.97. The third-order valence-electron chi connectivity index (χ3n) is 2.19. The van der Waals surface area contributed by atoms with Crippen molar-refractivity contribution in [3.63, 3.8) is 0 Å². The fourth-order valence-electron chi connectivity index (χ4n) is 1.41. The van der Waals surface area contributed by atoms with E-state index in [1.165, 1.54) is 0 Å². The smallest absolute Gasteiger partial charge is 0.135 e. The average molecular weight is 294 g/mol. The molecule has 88 valence electrons. The molecule has 0 amide bonds. The van der Waals surface area contributed by atoms with Crippen molar-refractivity contribution in [1.82, 2.24) is 4.98 Å². The average Bonchev–Trinajstić information content (AvgIpc) is 2.32. The minimum Gasteiger partial charge on any atom is -0.495 e. The Morgan fingerprint density at radius 1 is 1.29 bits per heavy atom. The lowest BCUT2D eigenvalue weighted by Gasteiger charge is -2.09. The zero-order valence-electron chi connectivity index (χ0n) is 9.27. The number of halogens is 1. The van der Waals surface area contributed by atoms with E-state index < -0.39 is 0 Å². The van der Waals surface area contributed by atoms with Crippen molar-refractivity contribution in [2.24, 2.45) is 0 Å². The number of benzene rings is 1. The standard InChI is InChI=1S/C12H12BrN3O/c1-17-10-7-8(5-6-9(10)13)15-12-4-2-3-11(14)16-12/h2-7H,1H3,(H3,14,15,16). The van der Waals surface area contributed by atoms with Crippen LogP contribution in [-0.2, 0) is 0 Å². The van der Waals surface area contributed by atoms with Gasteiger partial charge < -0.3 is 15.8 Å². The number of hydrogen-bond acceptors (Lipinski definition) is 4. The van der Waals surface area contributed by atoms with E-state index in [2.05, 4.69) is 26.2 Å². The second-order valence-electron chi connectivity index (χ2n) is 3.42. The minimum atomic E-state index is 0.485. The van der Waals surface area contributed by atoms with Crippen LogP contribution in [-0.4, -0.2) is 12.1 Å². The van der Waals surface area contributed by atoms with E-state index in [1.807, 2.05) is 30.3 Å². The summed E-state index contributed by atoms with van der Waals surface area (Å²) in [5.74, 6) is 1.95. The highest BCUT2D eigenvalue weighted by Crippen LogP contribution is 2.29. The Bertz CT molecular complexity index is 531. The zero-order valence-corrected chi connectivity index (χ0v) is 10.9. The molecule has 1 aromatic heterocycles. The van der Waals surface area contributed by atoms with Gasteiger partial charge in [-0.15, -0.1) is 0 Å². The number of nitrogen functional groups attached to an aromatic ring is 1. The summed E-state index contributed by atoms with van der Waals surface area (Å²) in [6.45, 7) is 0.